The minimum Gasteiger partial charge on any atom is -1.00 e. The molecule has 0 fully saturated rings. The molecule has 0 saturated carbocycles. The highest BCUT2D eigenvalue weighted by molar-refractivity contribution is 5.61. The predicted molar refractivity (Wildman–Crippen MR) is 57.4 cm³/mol. The molecule has 2 aromatic heterocycles. The predicted octanol–water partition coefficient (Wildman–Crippen LogP) is -0.916. The first-order valence-electron chi connectivity index (χ1n) is 4.56. The Balaban J connectivity index is 0.00000112. The number of nitrogens with zero attached hydrogens (tertiary/aromatic N) is 2. The van der Waals surface area contributed by atoms with Crippen LogP contribution in [-0.4, -0.2) is 4.57 Å². The zero-order chi connectivity index (χ0) is 9.97. The summed E-state index contributed by atoms with van der Waals surface area (Å²) in [4.78, 5) is 0. The van der Waals surface area contributed by atoms with E-state index in [-0.39, 0.29) is 24.0 Å². The molecule has 2 rings (SSSR count). The van der Waals surface area contributed by atoms with Crippen LogP contribution in [0.25, 0.3) is 17.5 Å². The number of hydrogen-bond acceptors (Lipinski definition) is 0. The highest BCUT2D eigenvalue weighted by Gasteiger charge is 2.02. The molecule has 3 heteroatoms. The molecule has 0 bridgehead atoms. The summed E-state index contributed by atoms with van der Waals surface area (Å²) in [5, 5.41) is 0. The third-order valence-electron chi connectivity index (χ3n) is 2.25. The van der Waals surface area contributed by atoms with E-state index in [0.717, 1.165) is 0 Å². The molecule has 15 heavy (non-hydrogen) atoms. The third kappa shape index (κ3) is 2.47. The van der Waals surface area contributed by atoms with Gasteiger partial charge in [-0.05, 0) is 12.1 Å². The SMILES string of the molecule is C=Cn1cccc1-c1cc[n+](C)cc1.[I-]. The average molecular weight is 312 g/mol. The quantitative estimate of drug-likeness (QED) is 0.501. The van der Waals surface area contributed by atoms with E-state index in [0.29, 0.717) is 0 Å². The first-order valence-corrected chi connectivity index (χ1v) is 4.56. The standard InChI is InChI=1S/C12H13N2.HI/c1-3-14-8-4-5-12(14)11-6-9-13(2)10-7-11;/h3-10H,1H2,2H3;1H/q+1;/p-1. The number of aryl methyl sites for hydroxylation is 1. The molecular formula is C12H13IN2. The van der Waals surface area contributed by atoms with Gasteiger partial charge < -0.3 is 28.5 Å². The Bertz CT molecular complexity index is 443. The monoisotopic (exact) mass is 312 g/mol. The van der Waals surface area contributed by atoms with Crippen molar-refractivity contribution in [2.24, 2.45) is 7.05 Å². The van der Waals surface area contributed by atoms with Crippen molar-refractivity contribution in [3.63, 3.8) is 0 Å². The molecule has 2 nitrogen and oxygen atoms in total. The summed E-state index contributed by atoms with van der Waals surface area (Å²) in [6.07, 6.45) is 7.88. The van der Waals surface area contributed by atoms with Gasteiger partial charge in [0, 0.05) is 30.1 Å². The number of hydrogen-bond donors (Lipinski definition) is 0. The fourth-order valence-electron chi connectivity index (χ4n) is 1.47. The van der Waals surface area contributed by atoms with Gasteiger partial charge >= 0.3 is 0 Å². The lowest BCUT2D eigenvalue weighted by molar-refractivity contribution is -0.671. The minimum absolute atomic E-state index is 0. The van der Waals surface area contributed by atoms with E-state index in [4.69, 9.17) is 0 Å². The molecular weight excluding hydrogens is 299 g/mol. The van der Waals surface area contributed by atoms with Crippen molar-refractivity contribution in [1.82, 2.24) is 4.57 Å². The zero-order valence-electron chi connectivity index (χ0n) is 8.60. The first-order chi connectivity index (χ1) is 6.81. The lowest BCUT2D eigenvalue weighted by Gasteiger charge is -2.02. The van der Waals surface area contributed by atoms with Gasteiger partial charge in [-0.3, -0.25) is 0 Å². The Labute approximate surface area is 107 Å². The second-order valence-corrected chi connectivity index (χ2v) is 3.24. The third-order valence-corrected chi connectivity index (χ3v) is 2.25. The first kappa shape index (κ1) is 12.0. The molecule has 0 saturated heterocycles. The summed E-state index contributed by atoms with van der Waals surface area (Å²) in [6.45, 7) is 3.76. The zero-order valence-corrected chi connectivity index (χ0v) is 10.8. The lowest BCUT2D eigenvalue weighted by atomic mass is 10.2. The van der Waals surface area contributed by atoms with Crippen LogP contribution >= 0.6 is 0 Å². The fourth-order valence-corrected chi connectivity index (χ4v) is 1.47. The van der Waals surface area contributed by atoms with Gasteiger partial charge in [0.2, 0.25) is 0 Å². The molecule has 0 unspecified atom stereocenters. The molecule has 2 heterocycles. The molecule has 0 aromatic carbocycles. The van der Waals surface area contributed by atoms with E-state index < -0.39 is 0 Å². The topological polar surface area (TPSA) is 8.81 Å². The van der Waals surface area contributed by atoms with E-state index in [9.17, 15) is 0 Å². The van der Waals surface area contributed by atoms with Crippen LogP contribution in [-0.2, 0) is 7.05 Å². The molecule has 0 atom stereocenters. The Hall–Kier alpha value is -1.10. The Morgan fingerprint density at radius 2 is 1.93 bits per heavy atom. The summed E-state index contributed by atoms with van der Waals surface area (Å²) < 4.78 is 4.03. The number of aromatic nitrogens is 2. The van der Waals surface area contributed by atoms with Crippen LogP contribution < -0.4 is 28.5 Å². The molecule has 0 spiro atoms. The molecule has 0 aliphatic rings. The van der Waals surface area contributed by atoms with E-state index in [1.807, 2.05) is 47.0 Å². The van der Waals surface area contributed by atoms with Crippen molar-refractivity contribution in [2.75, 3.05) is 0 Å². The Morgan fingerprint density at radius 1 is 1.27 bits per heavy atom. The molecule has 78 valence electrons. The maximum atomic E-state index is 3.76. The van der Waals surface area contributed by atoms with Crippen molar-refractivity contribution < 1.29 is 28.5 Å². The van der Waals surface area contributed by atoms with Crippen molar-refractivity contribution in [2.45, 2.75) is 0 Å². The van der Waals surface area contributed by atoms with Crippen LogP contribution in [0.5, 0.6) is 0 Å². The van der Waals surface area contributed by atoms with E-state index in [1.54, 1.807) is 0 Å². The largest absolute Gasteiger partial charge is 1.00 e. The van der Waals surface area contributed by atoms with Gasteiger partial charge in [-0.2, -0.15) is 0 Å². The maximum absolute atomic E-state index is 3.76. The van der Waals surface area contributed by atoms with E-state index in [2.05, 4.69) is 24.8 Å². The summed E-state index contributed by atoms with van der Waals surface area (Å²) in [7, 11) is 2.01. The minimum atomic E-state index is 0. The smallest absolute Gasteiger partial charge is 0.169 e. The fraction of sp³-hybridized carbons (Fsp3) is 0.0833. The number of halogens is 1. The van der Waals surface area contributed by atoms with Gasteiger partial charge in [0.25, 0.3) is 0 Å². The molecule has 0 aliphatic carbocycles. The van der Waals surface area contributed by atoms with Crippen LogP contribution in [0.2, 0.25) is 0 Å². The van der Waals surface area contributed by atoms with Crippen LogP contribution in [0, 0.1) is 0 Å². The normalized spacial score (nSPS) is 9.40. The van der Waals surface area contributed by atoms with Gasteiger partial charge in [-0.1, -0.05) is 6.58 Å². The Kier molecular flexibility index (Phi) is 4.08. The van der Waals surface area contributed by atoms with Gasteiger partial charge in [0.05, 0.1) is 5.69 Å². The van der Waals surface area contributed by atoms with E-state index in [1.165, 1.54) is 11.3 Å². The Morgan fingerprint density at radius 3 is 2.53 bits per heavy atom. The lowest BCUT2D eigenvalue weighted by Crippen LogP contribution is -3.00. The molecule has 0 aliphatic heterocycles. The molecule has 0 N–H and O–H groups in total. The van der Waals surface area contributed by atoms with Gasteiger partial charge in [-0.25, -0.2) is 4.57 Å². The molecule has 0 radical (unpaired) electrons. The highest BCUT2D eigenvalue weighted by Crippen LogP contribution is 2.18. The second-order valence-electron chi connectivity index (χ2n) is 3.24. The summed E-state index contributed by atoms with van der Waals surface area (Å²) in [6, 6.07) is 8.28. The van der Waals surface area contributed by atoms with Gasteiger partial charge in [0.15, 0.2) is 12.4 Å². The van der Waals surface area contributed by atoms with Crippen LogP contribution in [0.1, 0.15) is 0 Å². The van der Waals surface area contributed by atoms with Crippen molar-refractivity contribution in [3.8, 4) is 11.3 Å². The number of rotatable bonds is 2. The summed E-state index contributed by atoms with van der Waals surface area (Å²) in [5.74, 6) is 0. The molecule has 0 amide bonds. The van der Waals surface area contributed by atoms with Crippen molar-refractivity contribution in [3.05, 3.63) is 49.4 Å². The summed E-state index contributed by atoms with van der Waals surface area (Å²) in [5.41, 5.74) is 2.37. The van der Waals surface area contributed by atoms with Crippen LogP contribution in [0.15, 0.2) is 49.4 Å². The maximum Gasteiger partial charge on any atom is 0.169 e. The second kappa shape index (κ2) is 5.11. The van der Waals surface area contributed by atoms with Crippen molar-refractivity contribution >= 4 is 6.20 Å². The van der Waals surface area contributed by atoms with Crippen LogP contribution in [0.3, 0.4) is 0 Å². The highest BCUT2D eigenvalue weighted by atomic mass is 127. The number of pyridine rings is 1. The summed E-state index contributed by atoms with van der Waals surface area (Å²) >= 11 is 0. The van der Waals surface area contributed by atoms with Gasteiger partial charge in [0.1, 0.15) is 7.05 Å². The average Bonchev–Trinajstić information content (AvgIpc) is 2.67. The molecule has 2 aromatic rings. The van der Waals surface area contributed by atoms with Crippen molar-refractivity contribution in [1.29, 1.82) is 0 Å². The van der Waals surface area contributed by atoms with Crippen LogP contribution in [0.4, 0.5) is 0 Å². The van der Waals surface area contributed by atoms with E-state index >= 15 is 0 Å². The van der Waals surface area contributed by atoms with Gasteiger partial charge in [-0.15, -0.1) is 0 Å².